The predicted octanol–water partition coefficient (Wildman–Crippen LogP) is 4.15. The van der Waals surface area contributed by atoms with E-state index in [2.05, 4.69) is 33.5 Å². The molecule has 0 saturated heterocycles. The summed E-state index contributed by atoms with van der Waals surface area (Å²) in [6, 6.07) is 7.84. The number of carbonyl (C=O) groups excluding carboxylic acids is 1. The second kappa shape index (κ2) is 6.23. The van der Waals surface area contributed by atoms with Crippen molar-refractivity contribution >= 4 is 27.6 Å². The van der Waals surface area contributed by atoms with Gasteiger partial charge in [-0.1, -0.05) is 31.9 Å². The Kier molecular flexibility index (Phi) is 4.64. The smallest absolute Gasteiger partial charge is 0.319 e. The van der Waals surface area contributed by atoms with Crippen LogP contribution in [0.25, 0.3) is 0 Å². The highest BCUT2D eigenvalue weighted by Crippen LogP contribution is 2.24. The number of urea groups is 1. The quantitative estimate of drug-likeness (QED) is 0.846. The van der Waals surface area contributed by atoms with E-state index in [1.165, 1.54) is 12.8 Å². The molecule has 98 valence electrons. The van der Waals surface area contributed by atoms with Crippen molar-refractivity contribution in [3.05, 3.63) is 28.7 Å². The fourth-order valence-electron chi connectivity index (χ4n) is 2.47. The SMILES string of the molecule is C[C@@H]1CCC[C@H](NC(=O)Nc2ccccc2Br)C1. The van der Waals surface area contributed by atoms with Crippen molar-refractivity contribution in [2.75, 3.05) is 5.32 Å². The molecule has 1 aliphatic carbocycles. The van der Waals surface area contributed by atoms with E-state index < -0.39 is 0 Å². The van der Waals surface area contributed by atoms with E-state index >= 15 is 0 Å². The molecule has 4 heteroatoms. The number of amides is 2. The van der Waals surface area contributed by atoms with Crippen LogP contribution in [0.2, 0.25) is 0 Å². The van der Waals surface area contributed by atoms with Crippen LogP contribution in [0.3, 0.4) is 0 Å². The van der Waals surface area contributed by atoms with Crippen LogP contribution in [0.1, 0.15) is 32.6 Å². The summed E-state index contributed by atoms with van der Waals surface area (Å²) in [5.41, 5.74) is 0.804. The molecule has 0 aromatic heterocycles. The number of nitrogens with one attached hydrogen (secondary N) is 2. The lowest BCUT2D eigenvalue weighted by molar-refractivity contribution is 0.238. The second-order valence-corrected chi connectivity index (χ2v) is 5.90. The molecule has 1 aromatic rings. The molecule has 1 aliphatic rings. The van der Waals surface area contributed by atoms with Gasteiger partial charge in [0, 0.05) is 10.5 Å². The molecule has 2 amide bonds. The van der Waals surface area contributed by atoms with Crippen LogP contribution in [-0.2, 0) is 0 Å². The summed E-state index contributed by atoms with van der Waals surface area (Å²) in [5.74, 6) is 0.715. The molecule has 0 heterocycles. The first-order valence-corrected chi connectivity index (χ1v) is 7.26. The summed E-state index contributed by atoms with van der Waals surface area (Å²) in [6.07, 6.45) is 4.67. The summed E-state index contributed by atoms with van der Waals surface area (Å²) in [4.78, 5) is 11.9. The number of hydrogen-bond donors (Lipinski definition) is 2. The Morgan fingerprint density at radius 3 is 2.83 bits per heavy atom. The molecule has 1 fully saturated rings. The van der Waals surface area contributed by atoms with Gasteiger partial charge in [0.15, 0.2) is 0 Å². The summed E-state index contributed by atoms with van der Waals surface area (Å²) >= 11 is 3.42. The van der Waals surface area contributed by atoms with Gasteiger partial charge in [0.1, 0.15) is 0 Å². The highest BCUT2D eigenvalue weighted by Gasteiger charge is 2.20. The van der Waals surface area contributed by atoms with E-state index in [9.17, 15) is 4.79 Å². The van der Waals surface area contributed by atoms with E-state index in [4.69, 9.17) is 0 Å². The average molecular weight is 311 g/mol. The number of anilines is 1. The van der Waals surface area contributed by atoms with Crippen LogP contribution in [0.5, 0.6) is 0 Å². The van der Waals surface area contributed by atoms with Gasteiger partial charge in [0.25, 0.3) is 0 Å². The van der Waals surface area contributed by atoms with Crippen LogP contribution in [-0.4, -0.2) is 12.1 Å². The molecule has 3 nitrogen and oxygen atoms in total. The molecular formula is C14H19BrN2O. The Morgan fingerprint density at radius 1 is 1.33 bits per heavy atom. The number of halogens is 1. The van der Waals surface area contributed by atoms with Gasteiger partial charge in [0.2, 0.25) is 0 Å². The molecule has 0 radical (unpaired) electrons. The molecule has 1 saturated carbocycles. The lowest BCUT2D eigenvalue weighted by Crippen LogP contribution is -2.40. The number of rotatable bonds is 2. The third-order valence-corrected chi connectivity index (χ3v) is 4.09. The Bertz CT molecular complexity index is 422. The standard InChI is InChI=1S/C14H19BrN2O/c1-10-5-4-6-11(9-10)16-14(18)17-13-8-3-2-7-12(13)15/h2-3,7-8,10-11H,4-6,9H2,1H3,(H2,16,17,18)/t10-,11+/m1/s1. The van der Waals surface area contributed by atoms with Gasteiger partial charge in [-0.25, -0.2) is 4.79 Å². The van der Waals surface area contributed by atoms with Gasteiger partial charge in [-0.3, -0.25) is 0 Å². The number of hydrogen-bond acceptors (Lipinski definition) is 1. The van der Waals surface area contributed by atoms with Crippen LogP contribution >= 0.6 is 15.9 Å². The molecule has 0 spiro atoms. The molecule has 18 heavy (non-hydrogen) atoms. The number of carbonyl (C=O) groups is 1. The maximum absolute atomic E-state index is 11.9. The van der Waals surface area contributed by atoms with Crippen LogP contribution in [0.15, 0.2) is 28.7 Å². The highest BCUT2D eigenvalue weighted by molar-refractivity contribution is 9.10. The van der Waals surface area contributed by atoms with Gasteiger partial charge in [-0.2, -0.15) is 0 Å². The lowest BCUT2D eigenvalue weighted by atomic mass is 9.87. The summed E-state index contributed by atoms with van der Waals surface area (Å²) in [7, 11) is 0. The Morgan fingerprint density at radius 2 is 2.11 bits per heavy atom. The van der Waals surface area contributed by atoms with Crippen molar-refractivity contribution in [2.45, 2.75) is 38.6 Å². The van der Waals surface area contributed by atoms with Gasteiger partial charge < -0.3 is 10.6 Å². The molecule has 1 aromatic carbocycles. The normalized spacial score (nSPS) is 23.4. The first kappa shape index (κ1) is 13.4. The molecule has 0 unspecified atom stereocenters. The van der Waals surface area contributed by atoms with Gasteiger partial charge in [-0.15, -0.1) is 0 Å². The Labute approximate surface area is 116 Å². The first-order valence-electron chi connectivity index (χ1n) is 6.47. The number of benzene rings is 1. The summed E-state index contributed by atoms with van der Waals surface area (Å²) in [6.45, 7) is 2.25. The third-order valence-electron chi connectivity index (χ3n) is 3.39. The van der Waals surface area contributed by atoms with E-state index in [1.54, 1.807) is 0 Å². The van der Waals surface area contributed by atoms with Gasteiger partial charge >= 0.3 is 6.03 Å². The van der Waals surface area contributed by atoms with Crippen molar-refractivity contribution in [1.82, 2.24) is 5.32 Å². The van der Waals surface area contributed by atoms with E-state index in [1.807, 2.05) is 24.3 Å². The fourth-order valence-corrected chi connectivity index (χ4v) is 2.86. The molecule has 2 atom stereocenters. The molecule has 0 bridgehead atoms. The van der Waals surface area contributed by atoms with Crippen LogP contribution < -0.4 is 10.6 Å². The lowest BCUT2D eigenvalue weighted by Gasteiger charge is -2.27. The molecule has 0 aliphatic heterocycles. The molecule has 2 N–H and O–H groups in total. The monoisotopic (exact) mass is 310 g/mol. The van der Waals surface area contributed by atoms with E-state index in [0.29, 0.717) is 12.0 Å². The van der Waals surface area contributed by atoms with Crippen LogP contribution in [0.4, 0.5) is 10.5 Å². The third kappa shape index (κ3) is 3.73. The average Bonchev–Trinajstić information content (AvgIpc) is 2.32. The molecular weight excluding hydrogens is 292 g/mol. The Balaban J connectivity index is 1.87. The maximum Gasteiger partial charge on any atom is 0.319 e. The summed E-state index contributed by atoms with van der Waals surface area (Å²) in [5, 5.41) is 5.93. The topological polar surface area (TPSA) is 41.1 Å². The zero-order chi connectivity index (χ0) is 13.0. The summed E-state index contributed by atoms with van der Waals surface area (Å²) < 4.78 is 0.900. The minimum Gasteiger partial charge on any atom is -0.335 e. The largest absolute Gasteiger partial charge is 0.335 e. The van der Waals surface area contributed by atoms with Crippen molar-refractivity contribution in [2.24, 2.45) is 5.92 Å². The number of para-hydroxylation sites is 1. The zero-order valence-electron chi connectivity index (χ0n) is 10.6. The van der Waals surface area contributed by atoms with Crippen molar-refractivity contribution in [3.63, 3.8) is 0 Å². The highest BCUT2D eigenvalue weighted by atomic mass is 79.9. The van der Waals surface area contributed by atoms with E-state index in [0.717, 1.165) is 23.0 Å². The maximum atomic E-state index is 11.9. The Hall–Kier alpha value is -1.03. The minimum absolute atomic E-state index is 0.110. The zero-order valence-corrected chi connectivity index (χ0v) is 12.2. The van der Waals surface area contributed by atoms with Gasteiger partial charge in [-0.05, 0) is 46.8 Å². The first-order chi connectivity index (χ1) is 8.65. The van der Waals surface area contributed by atoms with Crippen molar-refractivity contribution in [3.8, 4) is 0 Å². The van der Waals surface area contributed by atoms with Gasteiger partial charge in [0.05, 0.1) is 5.69 Å². The van der Waals surface area contributed by atoms with Crippen molar-refractivity contribution in [1.29, 1.82) is 0 Å². The van der Waals surface area contributed by atoms with Crippen molar-refractivity contribution < 1.29 is 4.79 Å². The predicted molar refractivity (Wildman–Crippen MR) is 77.7 cm³/mol. The minimum atomic E-state index is -0.110. The second-order valence-electron chi connectivity index (χ2n) is 5.05. The molecule has 2 rings (SSSR count). The van der Waals surface area contributed by atoms with Crippen LogP contribution in [0, 0.1) is 5.92 Å². The fraction of sp³-hybridized carbons (Fsp3) is 0.500. The van der Waals surface area contributed by atoms with E-state index in [-0.39, 0.29) is 6.03 Å².